The van der Waals surface area contributed by atoms with E-state index in [0.29, 0.717) is 19.3 Å². The van der Waals surface area contributed by atoms with Crippen LogP contribution in [-0.4, -0.2) is 37.2 Å². The van der Waals surface area contributed by atoms with Crippen LogP contribution >= 0.6 is 0 Å². The van der Waals surface area contributed by atoms with Crippen LogP contribution in [0.5, 0.6) is 0 Å². The molecule has 0 aromatic rings. The third-order valence-electron chi connectivity index (χ3n) is 11.4. The van der Waals surface area contributed by atoms with E-state index in [-0.39, 0.29) is 31.1 Å². The van der Waals surface area contributed by atoms with Crippen LogP contribution in [-0.2, 0) is 28.6 Å². The third-order valence-corrected chi connectivity index (χ3v) is 11.4. The van der Waals surface area contributed by atoms with Gasteiger partial charge in [-0.05, 0) is 96.3 Å². The first-order chi connectivity index (χ1) is 32.0. The van der Waals surface area contributed by atoms with Gasteiger partial charge in [-0.1, -0.05) is 221 Å². The van der Waals surface area contributed by atoms with Gasteiger partial charge in [0.2, 0.25) is 0 Å². The second-order valence-corrected chi connectivity index (χ2v) is 17.8. The maximum Gasteiger partial charge on any atom is 0.306 e. The fourth-order valence-corrected chi connectivity index (χ4v) is 7.32. The second kappa shape index (κ2) is 53.2. The van der Waals surface area contributed by atoms with E-state index in [9.17, 15) is 14.4 Å². The van der Waals surface area contributed by atoms with Gasteiger partial charge in [0.05, 0.1) is 0 Å². The molecule has 0 aliphatic rings. The maximum absolute atomic E-state index is 12.8. The fraction of sp³-hybridized carbons (Fsp3) is 0.712. The lowest BCUT2D eigenvalue weighted by Crippen LogP contribution is -2.30. The number of hydrogen-bond donors (Lipinski definition) is 0. The molecule has 0 rings (SSSR count). The summed E-state index contributed by atoms with van der Waals surface area (Å²) in [6, 6.07) is 0. The van der Waals surface area contributed by atoms with Gasteiger partial charge in [-0.3, -0.25) is 14.4 Å². The van der Waals surface area contributed by atoms with Crippen molar-refractivity contribution in [3.05, 3.63) is 85.1 Å². The van der Waals surface area contributed by atoms with Gasteiger partial charge in [0.15, 0.2) is 6.10 Å². The summed E-state index contributed by atoms with van der Waals surface area (Å²) in [7, 11) is 0. The summed E-state index contributed by atoms with van der Waals surface area (Å²) in [6.07, 6.45) is 68.7. The topological polar surface area (TPSA) is 78.9 Å². The van der Waals surface area contributed by atoms with Crippen LogP contribution in [0.1, 0.15) is 252 Å². The number of carbonyl (C=O) groups excluding carboxylic acids is 3. The molecule has 0 heterocycles. The molecule has 0 aromatic carbocycles. The quantitative estimate of drug-likeness (QED) is 0.0262. The van der Waals surface area contributed by atoms with Crippen molar-refractivity contribution in [3.63, 3.8) is 0 Å². The van der Waals surface area contributed by atoms with E-state index < -0.39 is 6.10 Å². The fourth-order valence-electron chi connectivity index (χ4n) is 7.32. The molecule has 0 aliphatic carbocycles. The number of hydrogen-bond acceptors (Lipinski definition) is 6. The van der Waals surface area contributed by atoms with Crippen molar-refractivity contribution in [1.82, 2.24) is 0 Å². The number of carbonyl (C=O) groups is 3. The first kappa shape index (κ1) is 61.6. The summed E-state index contributed by atoms with van der Waals surface area (Å²) in [5.41, 5.74) is 0. The molecule has 0 saturated carbocycles. The molecule has 65 heavy (non-hydrogen) atoms. The van der Waals surface area contributed by atoms with Gasteiger partial charge in [0.25, 0.3) is 0 Å². The Hall–Kier alpha value is -3.41. The van der Waals surface area contributed by atoms with Crippen LogP contribution in [0.15, 0.2) is 85.1 Å². The summed E-state index contributed by atoms with van der Waals surface area (Å²) in [4.78, 5) is 37.9. The molecule has 0 amide bonds. The standard InChI is InChI=1S/C59H100O6/c1-4-7-10-13-16-18-20-22-24-26-27-28-29-30-31-33-34-36-38-40-43-46-49-52-58(61)64-55-56(54-63-57(60)51-48-45-42-15-12-9-6-3)65-59(62)53-50-47-44-41-39-37-35-32-25-23-21-19-17-14-11-8-5-2/h7,10,16-19,22-25,27-28,30-31,56H,4-6,8-9,11-15,20-21,26,29,32-55H2,1-3H3/b10-7-,18-16-,19-17-,24-22-,25-23-,28-27-,31-30-. The van der Waals surface area contributed by atoms with Crippen molar-refractivity contribution < 1.29 is 28.6 Å². The smallest absolute Gasteiger partial charge is 0.306 e. The van der Waals surface area contributed by atoms with Crippen molar-refractivity contribution in [2.75, 3.05) is 13.2 Å². The average molecular weight is 905 g/mol. The molecule has 0 N–H and O–H groups in total. The minimum atomic E-state index is -0.782. The maximum atomic E-state index is 12.8. The van der Waals surface area contributed by atoms with Gasteiger partial charge in [0.1, 0.15) is 13.2 Å². The Morgan fingerprint density at radius 3 is 0.969 bits per heavy atom. The first-order valence-electron chi connectivity index (χ1n) is 27.1. The lowest BCUT2D eigenvalue weighted by Gasteiger charge is -2.18. The van der Waals surface area contributed by atoms with Crippen molar-refractivity contribution in [2.24, 2.45) is 0 Å². The minimum Gasteiger partial charge on any atom is -0.462 e. The molecule has 6 heteroatoms. The predicted molar refractivity (Wildman–Crippen MR) is 279 cm³/mol. The van der Waals surface area contributed by atoms with Crippen molar-refractivity contribution in [2.45, 2.75) is 258 Å². The van der Waals surface area contributed by atoms with Crippen LogP contribution in [0.3, 0.4) is 0 Å². The molecule has 0 radical (unpaired) electrons. The Labute approximate surface area is 401 Å². The van der Waals surface area contributed by atoms with Gasteiger partial charge >= 0.3 is 17.9 Å². The van der Waals surface area contributed by atoms with Crippen LogP contribution < -0.4 is 0 Å². The Bertz CT molecular complexity index is 1270. The molecule has 0 fully saturated rings. The van der Waals surface area contributed by atoms with Crippen molar-refractivity contribution in [1.29, 1.82) is 0 Å². The average Bonchev–Trinajstić information content (AvgIpc) is 3.30. The molecule has 6 nitrogen and oxygen atoms in total. The molecular weight excluding hydrogens is 805 g/mol. The molecule has 372 valence electrons. The van der Waals surface area contributed by atoms with E-state index >= 15 is 0 Å². The number of allylic oxidation sites excluding steroid dienone is 14. The predicted octanol–water partition coefficient (Wildman–Crippen LogP) is 18.0. The summed E-state index contributed by atoms with van der Waals surface area (Å²) >= 11 is 0. The zero-order chi connectivity index (χ0) is 47.2. The van der Waals surface area contributed by atoms with Gasteiger partial charge in [-0.2, -0.15) is 0 Å². The molecule has 0 spiro atoms. The Balaban J connectivity index is 4.26. The number of ether oxygens (including phenoxy) is 3. The van der Waals surface area contributed by atoms with E-state index in [4.69, 9.17) is 14.2 Å². The van der Waals surface area contributed by atoms with Crippen LogP contribution in [0.4, 0.5) is 0 Å². The Kier molecular flexibility index (Phi) is 50.4. The van der Waals surface area contributed by atoms with Gasteiger partial charge < -0.3 is 14.2 Å². The zero-order valence-electron chi connectivity index (χ0n) is 42.5. The van der Waals surface area contributed by atoms with Crippen molar-refractivity contribution >= 4 is 17.9 Å². The molecule has 1 unspecified atom stereocenters. The SMILES string of the molecule is CC/C=C\C/C=C\C/C=C\C/C=C\C/C=C\CCCCCCCCCC(=O)OCC(COC(=O)CCCCCCCCC)OC(=O)CCCCCCCCC/C=C\C/C=C\CCCCC. The molecule has 0 aromatic heterocycles. The highest BCUT2D eigenvalue weighted by atomic mass is 16.6. The molecule has 0 bridgehead atoms. The third kappa shape index (κ3) is 51.4. The summed E-state index contributed by atoms with van der Waals surface area (Å²) in [6.45, 7) is 6.44. The highest BCUT2D eigenvalue weighted by Gasteiger charge is 2.19. The lowest BCUT2D eigenvalue weighted by molar-refractivity contribution is -0.167. The summed E-state index contributed by atoms with van der Waals surface area (Å²) in [5, 5.41) is 0. The van der Waals surface area contributed by atoms with E-state index in [1.807, 2.05) is 0 Å². The highest BCUT2D eigenvalue weighted by Crippen LogP contribution is 2.14. The lowest BCUT2D eigenvalue weighted by atomic mass is 10.1. The summed E-state index contributed by atoms with van der Waals surface area (Å²) in [5.74, 6) is -0.907. The van der Waals surface area contributed by atoms with E-state index in [1.165, 1.54) is 103 Å². The monoisotopic (exact) mass is 905 g/mol. The largest absolute Gasteiger partial charge is 0.462 e. The van der Waals surface area contributed by atoms with Crippen molar-refractivity contribution in [3.8, 4) is 0 Å². The van der Waals surface area contributed by atoms with Gasteiger partial charge in [-0.15, -0.1) is 0 Å². The first-order valence-corrected chi connectivity index (χ1v) is 27.1. The molecule has 1 atom stereocenters. The van der Waals surface area contributed by atoms with Crippen LogP contribution in [0.25, 0.3) is 0 Å². The second-order valence-electron chi connectivity index (χ2n) is 17.8. The zero-order valence-corrected chi connectivity index (χ0v) is 42.5. The number of esters is 3. The molecule has 0 aliphatic heterocycles. The van der Waals surface area contributed by atoms with Crippen LogP contribution in [0.2, 0.25) is 0 Å². The number of unbranched alkanes of at least 4 members (excludes halogenated alkanes) is 23. The highest BCUT2D eigenvalue weighted by molar-refractivity contribution is 5.71. The molecular formula is C59H100O6. The number of rotatable bonds is 48. The van der Waals surface area contributed by atoms with E-state index in [0.717, 1.165) is 109 Å². The summed E-state index contributed by atoms with van der Waals surface area (Å²) < 4.78 is 16.7. The van der Waals surface area contributed by atoms with Crippen LogP contribution in [0, 0.1) is 0 Å². The Morgan fingerprint density at radius 2 is 0.600 bits per heavy atom. The van der Waals surface area contributed by atoms with E-state index in [1.54, 1.807) is 0 Å². The Morgan fingerprint density at radius 1 is 0.323 bits per heavy atom. The molecule has 0 saturated heterocycles. The minimum absolute atomic E-state index is 0.0830. The van der Waals surface area contributed by atoms with Gasteiger partial charge in [-0.25, -0.2) is 0 Å². The van der Waals surface area contributed by atoms with E-state index in [2.05, 4.69) is 106 Å². The normalized spacial score (nSPS) is 12.7. The van der Waals surface area contributed by atoms with Gasteiger partial charge in [0, 0.05) is 19.3 Å².